The predicted molar refractivity (Wildman–Crippen MR) is 84.7 cm³/mol. The van der Waals surface area contributed by atoms with Crippen LogP contribution in [-0.2, 0) is 9.59 Å². The predicted octanol–water partition coefficient (Wildman–Crippen LogP) is 3.92. The Morgan fingerprint density at radius 3 is 1.33 bits per heavy atom. The Bertz CT molecular complexity index is 526. The third-order valence-electron chi connectivity index (χ3n) is 8.33. The second kappa shape index (κ2) is 5.35. The number of carbonyl (C=O) groups excluding carboxylic acids is 2. The molecule has 0 aromatic carbocycles. The molecule has 0 spiro atoms. The molecule has 0 saturated heterocycles. The van der Waals surface area contributed by atoms with Gasteiger partial charge < -0.3 is 0 Å². The minimum atomic E-state index is -0.819. The first-order valence-electron chi connectivity index (χ1n) is 9.90. The topological polar surface area (TPSA) is 34.1 Å². The second-order valence-corrected chi connectivity index (χ2v) is 9.18. The fourth-order valence-electron chi connectivity index (χ4n) is 7.38. The average Bonchev–Trinajstić information content (AvgIpc) is 2.99. The van der Waals surface area contributed by atoms with Crippen LogP contribution in [0, 0.1) is 47.3 Å². The van der Waals surface area contributed by atoms with E-state index >= 15 is 0 Å². The second-order valence-electron chi connectivity index (χ2n) is 9.18. The summed E-state index contributed by atoms with van der Waals surface area (Å²) in [6, 6.07) is 0. The normalized spacial score (nSPS) is 56.4. The third kappa shape index (κ3) is 2.03. The van der Waals surface area contributed by atoms with Gasteiger partial charge in [-0.3, -0.25) is 9.59 Å². The Morgan fingerprint density at radius 2 is 0.917 bits per heavy atom. The number of Topliss-reactive ketones (excluding diaryl/α,β-unsaturated/α-hetero) is 2. The van der Waals surface area contributed by atoms with Gasteiger partial charge in [-0.15, -0.1) is 0 Å². The minimum absolute atomic E-state index is 0.0567. The van der Waals surface area contributed by atoms with Crippen LogP contribution in [0.4, 0.5) is 8.78 Å². The maximum Gasteiger partial charge on any atom is 0.139 e. The molecule has 5 aliphatic carbocycles. The van der Waals surface area contributed by atoms with Crippen LogP contribution in [0.2, 0.25) is 0 Å². The van der Waals surface area contributed by atoms with E-state index in [1.807, 2.05) is 0 Å². The summed E-state index contributed by atoms with van der Waals surface area (Å²) in [5.74, 6) is 1.72. The van der Waals surface area contributed by atoms with Crippen molar-refractivity contribution in [3.05, 3.63) is 0 Å². The summed E-state index contributed by atoms with van der Waals surface area (Å²) < 4.78 is 27.6. The van der Waals surface area contributed by atoms with Crippen molar-refractivity contribution in [1.29, 1.82) is 0 Å². The van der Waals surface area contributed by atoms with Crippen molar-refractivity contribution in [2.45, 2.75) is 63.7 Å². The molecular weight excluding hydrogens is 310 g/mol. The van der Waals surface area contributed by atoms with Crippen LogP contribution < -0.4 is 0 Å². The Labute approximate surface area is 141 Å². The van der Waals surface area contributed by atoms with Gasteiger partial charge in [0.15, 0.2) is 0 Å². The summed E-state index contributed by atoms with van der Waals surface area (Å²) in [6.07, 6.45) is 3.60. The molecule has 0 N–H and O–H groups in total. The van der Waals surface area contributed by atoms with Crippen molar-refractivity contribution >= 4 is 11.6 Å². The lowest BCUT2D eigenvalue weighted by Crippen LogP contribution is -2.35. The number of halogens is 2. The molecule has 5 aliphatic rings. The summed E-state index contributed by atoms with van der Waals surface area (Å²) in [4.78, 5) is 25.8. The maximum atomic E-state index is 13.8. The van der Waals surface area contributed by atoms with Gasteiger partial charge in [0.2, 0.25) is 0 Å². The van der Waals surface area contributed by atoms with E-state index in [9.17, 15) is 18.4 Å². The summed E-state index contributed by atoms with van der Waals surface area (Å²) in [6.45, 7) is 0. The Balaban J connectivity index is 1.42. The van der Waals surface area contributed by atoms with Crippen LogP contribution >= 0.6 is 0 Å². The number of hydrogen-bond acceptors (Lipinski definition) is 2. The molecule has 2 nitrogen and oxygen atoms in total. The molecule has 10 unspecified atom stereocenters. The molecule has 4 heteroatoms. The lowest BCUT2D eigenvalue weighted by Gasteiger charge is -2.39. The smallest absolute Gasteiger partial charge is 0.139 e. The van der Waals surface area contributed by atoms with Gasteiger partial charge in [0.25, 0.3) is 0 Å². The van der Waals surface area contributed by atoms with Crippen molar-refractivity contribution in [3.63, 3.8) is 0 Å². The first kappa shape index (κ1) is 15.5. The van der Waals surface area contributed by atoms with E-state index in [-0.39, 0.29) is 23.7 Å². The lowest BCUT2D eigenvalue weighted by molar-refractivity contribution is -0.129. The standard InChI is InChI=1S/C20H26F2O2/c21-9-1-3-11-13-7-18-14(8-17(13)19(23)15(11)5-9)12-4-2-10(22)6-16(12)20(18)24/h9-18H,1-8H2. The lowest BCUT2D eigenvalue weighted by atomic mass is 9.65. The fourth-order valence-corrected chi connectivity index (χ4v) is 7.38. The van der Waals surface area contributed by atoms with Crippen LogP contribution in [0.25, 0.3) is 0 Å². The quantitative estimate of drug-likeness (QED) is 0.672. The van der Waals surface area contributed by atoms with Gasteiger partial charge in [-0.25, -0.2) is 8.78 Å². The van der Waals surface area contributed by atoms with E-state index in [1.165, 1.54) is 0 Å². The van der Waals surface area contributed by atoms with Gasteiger partial charge in [0, 0.05) is 23.7 Å². The van der Waals surface area contributed by atoms with Gasteiger partial charge in [0.1, 0.15) is 23.9 Å². The largest absolute Gasteiger partial charge is 0.299 e. The molecule has 0 heterocycles. The van der Waals surface area contributed by atoms with E-state index in [0.717, 1.165) is 25.7 Å². The summed E-state index contributed by atoms with van der Waals surface area (Å²) in [7, 11) is 0. The number of alkyl halides is 2. The Morgan fingerprint density at radius 1 is 0.542 bits per heavy atom. The first-order valence-corrected chi connectivity index (χ1v) is 9.90. The van der Waals surface area contributed by atoms with Crippen molar-refractivity contribution in [3.8, 4) is 0 Å². The molecule has 24 heavy (non-hydrogen) atoms. The van der Waals surface area contributed by atoms with Crippen molar-refractivity contribution in [1.82, 2.24) is 0 Å². The van der Waals surface area contributed by atoms with Gasteiger partial charge in [-0.2, -0.15) is 0 Å². The summed E-state index contributed by atoms with van der Waals surface area (Å²) in [5, 5.41) is 0. The highest BCUT2D eigenvalue weighted by Crippen LogP contribution is 2.60. The summed E-state index contributed by atoms with van der Waals surface area (Å²) in [5.41, 5.74) is 0. The molecule has 0 amide bonds. The van der Waals surface area contributed by atoms with Crippen molar-refractivity contribution < 1.29 is 18.4 Å². The van der Waals surface area contributed by atoms with Crippen molar-refractivity contribution in [2.24, 2.45) is 47.3 Å². The number of ketones is 2. The van der Waals surface area contributed by atoms with Crippen molar-refractivity contribution in [2.75, 3.05) is 0 Å². The molecule has 0 aliphatic heterocycles. The number of carbonyl (C=O) groups is 2. The fraction of sp³-hybridized carbons (Fsp3) is 0.900. The molecule has 5 fully saturated rings. The molecule has 5 rings (SSSR count). The van der Waals surface area contributed by atoms with E-state index in [0.29, 0.717) is 60.9 Å². The monoisotopic (exact) mass is 336 g/mol. The van der Waals surface area contributed by atoms with Crippen LogP contribution in [0.3, 0.4) is 0 Å². The molecule has 0 aromatic rings. The number of fused-ring (bicyclic) bond motifs is 6. The van der Waals surface area contributed by atoms with Crippen LogP contribution in [0.5, 0.6) is 0 Å². The zero-order valence-electron chi connectivity index (χ0n) is 14.0. The molecular formula is C20H26F2O2. The Kier molecular flexibility index (Phi) is 3.44. The SMILES string of the molecule is O=C1C2CC(F)CCC2C2CC3C(=O)C4CC(F)CCC4C3CC12. The molecule has 5 saturated carbocycles. The highest BCUT2D eigenvalue weighted by Gasteiger charge is 2.61. The zero-order valence-corrected chi connectivity index (χ0v) is 14.0. The van der Waals surface area contributed by atoms with Crippen LogP contribution in [0.1, 0.15) is 51.4 Å². The zero-order chi connectivity index (χ0) is 16.6. The van der Waals surface area contributed by atoms with E-state index in [1.54, 1.807) is 0 Å². The molecule has 10 atom stereocenters. The van der Waals surface area contributed by atoms with E-state index in [4.69, 9.17) is 0 Å². The van der Waals surface area contributed by atoms with Gasteiger partial charge in [0.05, 0.1) is 0 Å². The average molecular weight is 336 g/mol. The highest BCUT2D eigenvalue weighted by atomic mass is 19.1. The minimum Gasteiger partial charge on any atom is -0.299 e. The Hall–Kier alpha value is -0.800. The number of rotatable bonds is 0. The van der Waals surface area contributed by atoms with E-state index < -0.39 is 12.3 Å². The molecule has 0 bridgehead atoms. The van der Waals surface area contributed by atoms with Crippen LogP contribution in [-0.4, -0.2) is 23.9 Å². The maximum absolute atomic E-state index is 13.8. The summed E-state index contributed by atoms with van der Waals surface area (Å²) >= 11 is 0. The molecule has 0 radical (unpaired) electrons. The van der Waals surface area contributed by atoms with Gasteiger partial charge in [-0.1, -0.05) is 0 Å². The molecule has 132 valence electrons. The van der Waals surface area contributed by atoms with Gasteiger partial charge >= 0.3 is 0 Å². The molecule has 0 aromatic heterocycles. The van der Waals surface area contributed by atoms with Crippen LogP contribution in [0.15, 0.2) is 0 Å². The highest BCUT2D eigenvalue weighted by molar-refractivity contribution is 5.90. The first-order chi connectivity index (χ1) is 11.5. The third-order valence-corrected chi connectivity index (χ3v) is 8.33. The number of hydrogen-bond donors (Lipinski definition) is 0. The van der Waals surface area contributed by atoms with Gasteiger partial charge in [-0.05, 0) is 75.0 Å². The van der Waals surface area contributed by atoms with E-state index in [2.05, 4.69) is 0 Å².